The number of allylic oxidation sites excluding steroid dienone is 9. The summed E-state index contributed by atoms with van der Waals surface area (Å²) in [5.41, 5.74) is 0. The number of carbonyl (C=O) groups is 1. The average molecular weight is 1370 g/mol. The maximum Gasteiger partial charge on any atom is 0.220 e. The number of ether oxygens (including phenoxy) is 6. The third-order valence-corrected chi connectivity index (χ3v) is 19.1. The van der Waals surface area contributed by atoms with Gasteiger partial charge in [-0.25, -0.2) is 0 Å². The molecule has 19 heteroatoms. The second kappa shape index (κ2) is 58.0. The van der Waals surface area contributed by atoms with Crippen LogP contribution in [-0.2, 0) is 33.2 Å². The summed E-state index contributed by atoms with van der Waals surface area (Å²) in [7, 11) is 0. The number of unbranched alkanes of at least 4 members (excludes halogenated alkanes) is 36. The summed E-state index contributed by atoms with van der Waals surface area (Å²) < 4.78 is 34.3. The molecule has 3 saturated heterocycles. The maximum absolute atomic E-state index is 13.4. The van der Waals surface area contributed by atoms with Gasteiger partial charge in [-0.15, -0.1) is 0 Å². The minimum Gasteiger partial charge on any atom is -0.394 e. The summed E-state index contributed by atoms with van der Waals surface area (Å²) in [6, 6.07) is -0.970. The molecule has 0 radical (unpaired) electrons. The summed E-state index contributed by atoms with van der Waals surface area (Å²) in [5, 5.41) is 120. The van der Waals surface area contributed by atoms with E-state index in [0.29, 0.717) is 6.42 Å². The van der Waals surface area contributed by atoms with Crippen LogP contribution in [0.15, 0.2) is 60.8 Å². The third-order valence-electron chi connectivity index (χ3n) is 19.1. The number of amides is 1. The predicted molar refractivity (Wildman–Crippen MR) is 379 cm³/mol. The molecule has 96 heavy (non-hydrogen) atoms. The van der Waals surface area contributed by atoms with Gasteiger partial charge in [0.15, 0.2) is 18.9 Å². The molecule has 19 nitrogen and oxygen atoms in total. The highest BCUT2D eigenvalue weighted by molar-refractivity contribution is 5.76. The zero-order chi connectivity index (χ0) is 69.6. The van der Waals surface area contributed by atoms with E-state index in [1.54, 1.807) is 6.08 Å². The molecule has 3 heterocycles. The van der Waals surface area contributed by atoms with Crippen LogP contribution in [0.25, 0.3) is 0 Å². The first-order valence-electron chi connectivity index (χ1n) is 38.5. The molecule has 560 valence electrons. The first kappa shape index (κ1) is 87.7. The molecule has 3 rings (SSSR count). The molecular formula is C77H139NO18. The van der Waals surface area contributed by atoms with Crippen LogP contribution in [0.3, 0.4) is 0 Å². The lowest BCUT2D eigenvalue weighted by atomic mass is 9.96. The van der Waals surface area contributed by atoms with Crippen molar-refractivity contribution in [3.05, 3.63) is 60.8 Å². The Morgan fingerprint density at radius 1 is 0.385 bits per heavy atom. The summed E-state index contributed by atoms with van der Waals surface area (Å²) in [5.74, 6) is -0.273. The Labute approximate surface area is 579 Å². The standard InChI is InChI=1S/C77H139NO18/c1-3-5-7-9-11-13-15-16-17-18-19-20-21-22-23-24-25-26-27-28-29-30-31-32-33-34-35-36-37-38-39-40-41-42-43-44-45-47-49-51-53-55-65(83)78-60(61(82)54-52-50-48-46-14-12-10-8-6-4-2)59-91-75-71(89)68(86)73(63(57-80)93-75)96-77-72(90)69(87)74(64(58-81)94-77)95-76-70(88)67(85)66(84)62(56-79)92-76/h5,7,11,13,16-17,19-20,52,54,60-64,66-77,79-82,84-90H,3-4,6,8-10,12,14-15,18,21-51,53,55-59H2,1-2H3,(H,78,83)/b7-5-,13-11-,17-16-,20-19-,54-52+. The van der Waals surface area contributed by atoms with Crippen LogP contribution in [0.1, 0.15) is 290 Å². The van der Waals surface area contributed by atoms with Crippen LogP contribution >= 0.6 is 0 Å². The fourth-order valence-electron chi connectivity index (χ4n) is 12.9. The fraction of sp³-hybridized carbons (Fsp3) is 0.857. The van der Waals surface area contributed by atoms with Gasteiger partial charge in [-0.2, -0.15) is 0 Å². The lowest BCUT2D eigenvalue weighted by Gasteiger charge is -2.48. The molecule has 0 aromatic heterocycles. The number of rotatable bonds is 60. The van der Waals surface area contributed by atoms with Gasteiger partial charge in [0.05, 0.1) is 38.6 Å². The van der Waals surface area contributed by atoms with Gasteiger partial charge >= 0.3 is 0 Å². The Kier molecular flexibility index (Phi) is 53.0. The van der Waals surface area contributed by atoms with Crippen molar-refractivity contribution in [2.75, 3.05) is 26.4 Å². The van der Waals surface area contributed by atoms with E-state index in [2.05, 4.69) is 67.8 Å². The Balaban J connectivity index is 1.24. The number of aliphatic hydroxyl groups excluding tert-OH is 11. The largest absolute Gasteiger partial charge is 0.394 e. The molecule has 3 aliphatic heterocycles. The average Bonchev–Trinajstić information content (AvgIpc) is 0.849. The van der Waals surface area contributed by atoms with Crippen molar-refractivity contribution >= 4 is 5.91 Å². The number of hydrogen-bond acceptors (Lipinski definition) is 18. The molecule has 0 saturated carbocycles. The van der Waals surface area contributed by atoms with Gasteiger partial charge in [-0.05, 0) is 57.8 Å². The van der Waals surface area contributed by atoms with Gasteiger partial charge in [-0.3, -0.25) is 4.79 Å². The minimum atomic E-state index is -1.98. The van der Waals surface area contributed by atoms with E-state index < -0.39 is 124 Å². The molecule has 0 aromatic rings. The van der Waals surface area contributed by atoms with Crippen LogP contribution in [0.4, 0.5) is 0 Å². The van der Waals surface area contributed by atoms with Crippen molar-refractivity contribution in [1.29, 1.82) is 0 Å². The van der Waals surface area contributed by atoms with Gasteiger partial charge in [0.2, 0.25) is 5.91 Å². The molecule has 3 aliphatic rings. The Morgan fingerprint density at radius 2 is 0.719 bits per heavy atom. The van der Waals surface area contributed by atoms with Crippen molar-refractivity contribution in [2.24, 2.45) is 0 Å². The van der Waals surface area contributed by atoms with Crippen LogP contribution in [0.5, 0.6) is 0 Å². The third kappa shape index (κ3) is 38.5. The predicted octanol–water partition coefficient (Wildman–Crippen LogP) is 11.9. The molecule has 0 spiro atoms. The monoisotopic (exact) mass is 1370 g/mol. The van der Waals surface area contributed by atoms with E-state index in [1.165, 1.54) is 193 Å². The molecule has 12 N–H and O–H groups in total. The molecule has 0 aliphatic carbocycles. The van der Waals surface area contributed by atoms with Gasteiger partial charge in [0.25, 0.3) is 0 Å². The lowest BCUT2D eigenvalue weighted by Crippen LogP contribution is -2.66. The summed E-state index contributed by atoms with van der Waals surface area (Å²) >= 11 is 0. The maximum atomic E-state index is 13.4. The zero-order valence-electron chi connectivity index (χ0n) is 59.6. The molecule has 0 aromatic carbocycles. The van der Waals surface area contributed by atoms with Gasteiger partial charge in [-0.1, -0.05) is 286 Å². The molecular weight excluding hydrogens is 1230 g/mol. The number of hydrogen-bond donors (Lipinski definition) is 12. The SMILES string of the molecule is CC/C=C\C/C=C\C/C=C\C/C=C\CCCCCCCCCCCCCCCCCCCCCCCCCCCCCCC(=O)NC(COC1OC(CO)C(OC2OC(CO)C(OC3OC(CO)C(O)C(O)C3O)C(O)C2O)C(O)C1O)C(O)/C=C/CCCCCCCCCC. The van der Waals surface area contributed by atoms with Crippen LogP contribution in [0, 0.1) is 0 Å². The number of carbonyl (C=O) groups excluding carboxylic acids is 1. The van der Waals surface area contributed by atoms with E-state index in [0.717, 1.165) is 70.6 Å². The normalized spacial score (nSPS) is 27.4. The van der Waals surface area contributed by atoms with Crippen molar-refractivity contribution in [1.82, 2.24) is 5.32 Å². The quantitative estimate of drug-likeness (QED) is 0.0199. The summed E-state index contributed by atoms with van der Waals surface area (Å²) in [6.07, 6.45) is 47.0. The molecule has 1 amide bonds. The van der Waals surface area contributed by atoms with Crippen LogP contribution in [0.2, 0.25) is 0 Å². The van der Waals surface area contributed by atoms with Crippen molar-refractivity contribution in [2.45, 2.75) is 394 Å². The summed E-state index contributed by atoms with van der Waals surface area (Å²) in [6.45, 7) is 1.60. The highest BCUT2D eigenvalue weighted by Crippen LogP contribution is 2.33. The second-order valence-electron chi connectivity index (χ2n) is 27.4. The van der Waals surface area contributed by atoms with Crippen molar-refractivity contribution in [3.63, 3.8) is 0 Å². The van der Waals surface area contributed by atoms with Crippen LogP contribution < -0.4 is 5.32 Å². The van der Waals surface area contributed by atoms with Crippen LogP contribution in [-0.4, -0.2) is 193 Å². The smallest absolute Gasteiger partial charge is 0.220 e. The lowest BCUT2D eigenvalue weighted by molar-refractivity contribution is -0.379. The first-order chi connectivity index (χ1) is 46.8. The van der Waals surface area contributed by atoms with Gasteiger partial charge in [0, 0.05) is 6.42 Å². The second-order valence-corrected chi connectivity index (χ2v) is 27.4. The zero-order valence-corrected chi connectivity index (χ0v) is 59.6. The molecule has 0 bridgehead atoms. The molecule has 17 unspecified atom stereocenters. The molecule has 17 atom stereocenters. The van der Waals surface area contributed by atoms with Gasteiger partial charge in [0.1, 0.15) is 73.2 Å². The van der Waals surface area contributed by atoms with Gasteiger partial charge < -0.3 is 89.9 Å². The fourth-order valence-corrected chi connectivity index (χ4v) is 12.9. The highest BCUT2D eigenvalue weighted by Gasteiger charge is 2.53. The van der Waals surface area contributed by atoms with E-state index in [1.807, 2.05) is 6.08 Å². The van der Waals surface area contributed by atoms with E-state index in [4.69, 9.17) is 28.4 Å². The molecule has 3 fully saturated rings. The van der Waals surface area contributed by atoms with Crippen molar-refractivity contribution in [3.8, 4) is 0 Å². The Morgan fingerprint density at radius 3 is 1.12 bits per heavy atom. The highest BCUT2D eigenvalue weighted by atomic mass is 16.8. The van der Waals surface area contributed by atoms with E-state index in [9.17, 15) is 61.0 Å². The number of nitrogens with one attached hydrogen (secondary N) is 1. The van der Waals surface area contributed by atoms with Crippen molar-refractivity contribution < 1.29 is 89.4 Å². The van der Waals surface area contributed by atoms with E-state index >= 15 is 0 Å². The Hall–Kier alpha value is -2.51. The van der Waals surface area contributed by atoms with E-state index in [-0.39, 0.29) is 18.9 Å². The Bertz CT molecular complexity index is 1970. The first-order valence-corrected chi connectivity index (χ1v) is 38.5. The number of aliphatic hydroxyl groups is 11. The topological polar surface area (TPSA) is 307 Å². The minimum absolute atomic E-state index is 0.246. The summed E-state index contributed by atoms with van der Waals surface area (Å²) in [4.78, 5) is 13.4.